The Morgan fingerprint density at radius 1 is 0.941 bits per heavy atom. The van der Waals surface area contributed by atoms with Gasteiger partial charge in [0.1, 0.15) is 0 Å². The van der Waals surface area contributed by atoms with Crippen molar-refractivity contribution in [1.29, 1.82) is 0 Å². The van der Waals surface area contributed by atoms with E-state index < -0.39 is 0 Å². The minimum atomic E-state index is 0.305. The normalized spacial score (nSPS) is 10.6. The zero-order valence-corrected chi connectivity index (χ0v) is 11.4. The highest BCUT2D eigenvalue weighted by atomic mass is 35.5. The Labute approximate surface area is 118 Å². The van der Waals surface area contributed by atoms with Crippen molar-refractivity contribution in [2.45, 2.75) is 0 Å². The number of pyridine rings is 1. The number of nitrogens with zero attached hydrogens (tertiary/aromatic N) is 1. The van der Waals surface area contributed by atoms with Crippen LogP contribution in [0.1, 0.15) is 0 Å². The van der Waals surface area contributed by atoms with E-state index in [0.29, 0.717) is 37.0 Å². The van der Waals surface area contributed by atoms with E-state index in [4.69, 9.17) is 52.1 Å². The second-order valence-electron chi connectivity index (χ2n) is 3.32. The lowest BCUT2D eigenvalue weighted by Crippen LogP contribution is -1.91. The second kappa shape index (κ2) is 4.91. The van der Waals surface area contributed by atoms with Gasteiger partial charge in [-0.2, -0.15) is 0 Å². The van der Waals surface area contributed by atoms with Gasteiger partial charge in [0.25, 0.3) is 0 Å². The topological polar surface area (TPSA) is 38.9 Å². The molecule has 6 heteroatoms. The predicted molar refractivity (Wildman–Crippen MR) is 74.1 cm³/mol. The molecule has 2 rings (SSSR count). The van der Waals surface area contributed by atoms with Crippen LogP contribution in [-0.4, -0.2) is 4.98 Å². The van der Waals surface area contributed by atoms with Crippen LogP contribution in [0.2, 0.25) is 20.1 Å². The Morgan fingerprint density at radius 3 is 2.06 bits per heavy atom. The average molecular weight is 308 g/mol. The highest BCUT2D eigenvalue weighted by Gasteiger charge is 2.16. The SMILES string of the molecule is Nc1ccnc(-c2c(Cl)c(Cl)cc(Cl)c2Cl)c1. The van der Waals surface area contributed by atoms with Gasteiger partial charge in [0.2, 0.25) is 0 Å². The lowest BCUT2D eigenvalue weighted by atomic mass is 10.1. The van der Waals surface area contributed by atoms with E-state index in [1.807, 2.05) is 0 Å². The molecule has 1 aromatic heterocycles. The van der Waals surface area contributed by atoms with Crippen molar-refractivity contribution in [2.75, 3.05) is 5.73 Å². The van der Waals surface area contributed by atoms with Gasteiger partial charge in [-0.1, -0.05) is 46.4 Å². The van der Waals surface area contributed by atoms with Gasteiger partial charge in [-0.15, -0.1) is 0 Å². The molecule has 0 aliphatic rings. The van der Waals surface area contributed by atoms with E-state index in [-0.39, 0.29) is 0 Å². The minimum Gasteiger partial charge on any atom is -0.399 e. The predicted octanol–water partition coefficient (Wildman–Crippen LogP) is 4.94. The van der Waals surface area contributed by atoms with E-state index in [2.05, 4.69) is 4.98 Å². The first-order chi connectivity index (χ1) is 8.00. The number of nitrogen functional groups attached to an aromatic ring is 1. The third-order valence-corrected chi connectivity index (χ3v) is 3.73. The first kappa shape index (κ1) is 12.8. The molecule has 0 amide bonds. The van der Waals surface area contributed by atoms with Crippen molar-refractivity contribution < 1.29 is 0 Å². The molecule has 2 N–H and O–H groups in total. The van der Waals surface area contributed by atoms with Gasteiger partial charge < -0.3 is 5.73 Å². The number of aromatic nitrogens is 1. The number of nitrogens with two attached hydrogens (primary N) is 1. The van der Waals surface area contributed by atoms with Gasteiger partial charge in [0.05, 0.1) is 25.8 Å². The first-order valence-electron chi connectivity index (χ1n) is 4.55. The smallest absolute Gasteiger partial charge is 0.0753 e. The maximum Gasteiger partial charge on any atom is 0.0753 e. The van der Waals surface area contributed by atoms with Crippen molar-refractivity contribution in [3.05, 3.63) is 44.5 Å². The van der Waals surface area contributed by atoms with Crippen LogP contribution < -0.4 is 5.73 Å². The van der Waals surface area contributed by atoms with Gasteiger partial charge in [0.15, 0.2) is 0 Å². The molecule has 2 aromatic rings. The van der Waals surface area contributed by atoms with Crippen LogP contribution in [-0.2, 0) is 0 Å². The summed E-state index contributed by atoms with van der Waals surface area (Å²) in [5.41, 5.74) is 7.25. The molecule has 0 aliphatic carbocycles. The summed E-state index contributed by atoms with van der Waals surface area (Å²) in [6.07, 6.45) is 1.56. The fourth-order valence-electron chi connectivity index (χ4n) is 1.38. The molecule has 0 radical (unpaired) electrons. The summed E-state index contributed by atoms with van der Waals surface area (Å²) in [6, 6.07) is 4.81. The Hall–Kier alpha value is -0.670. The Morgan fingerprint density at radius 2 is 1.53 bits per heavy atom. The molecule has 1 aromatic carbocycles. The molecule has 0 fully saturated rings. The molecule has 0 unspecified atom stereocenters. The van der Waals surface area contributed by atoms with Gasteiger partial charge >= 0.3 is 0 Å². The van der Waals surface area contributed by atoms with E-state index in [1.54, 1.807) is 18.3 Å². The van der Waals surface area contributed by atoms with Gasteiger partial charge in [-0.05, 0) is 18.2 Å². The van der Waals surface area contributed by atoms with E-state index in [1.165, 1.54) is 6.07 Å². The molecule has 2 nitrogen and oxygen atoms in total. The summed E-state index contributed by atoms with van der Waals surface area (Å²) in [7, 11) is 0. The van der Waals surface area contributed by atoms with Crippen molar-refractivity contribution >= 4 is 52.1 Å². The Balaban J connectivity index is 2.75. The number of anilines is 1. The maximum atomic E-state index is 6.10. The summed E-state index contributed by atoms with van der Waals surface area (Å²) in [5, 5.41) is 1.25. The number of hydrogen-bond donors (Lipinski definition) is 1. The van der Waals surface area contributed by atoms with Gasteiger partial charge in [-0.3, -0.25) is 4.98 Å². The second-order valence-corrected chi connectivity index (χ2v) is 4.89. The van der Waals surface area contributed by atoms with Gasteiger partial charge in [0, 0.05) is 17.4 Å². The Kier molecular flexibility index (Phi) is 3.69. The summed E-state index contributed by atoms with van der Waals surface area (Å²) in [6.45, 7) is 0. The van der Waals surface area contributed by atoms with Crippen LogP contribution in [0.15, 0.2) is 24.4 Å². The molecule has 17 heavy (non-hydrogen) atoms. The summed E-state index contributed by atoms with van der Waals surface area (Å²) < 4.78 is 0. The Bertz CT molecular complexity index is 558. The highest BCUT2D eigenvalue weighted by molar-refractivity contribution is 6.50. The molecule has 0 saturated carbocycles. The van der Waals surface area contributed by atoms with Crippen LogP contribution in [0.4, 0.5) is 5.69 Å². The summed E-state index contributed by atoms with van der Waals surface area (Å²) in [4.78, 5) is 4.15. The zero-order valence-electron chi connectivity index (χ0n) is 8.35. The van der Waals surface area contributed by atoms with Crippen molar-refractivity contribution in [3.63, 3.8) is 0 Å². The molecule has 0 atom stereocenters. The largest absolute Gasteiger partial charge is 0.399 e. The summed E-state index contributed by atoms with van der Waals surface area (Å²) >= 11 is 24.1. The van der Waals surface area contributed by atoms with E-state index in [0.717, 1.165) is 0 Å². The zero-order chi connectivity index (χ0) is 12.6. The van der Waals surface area contributed by atoms with Crippen molar-refractivity contribution in [3.8, 4) is 11.3 Å². The lowest BCUT2D eigenvalue weighted by molar-refractivity contribution is 1.33. The van der Waals surface area contributed by atoms with Crippen LogP contribution in [0.25, 0.3) is 11.3 Å². The maximum absolute atomic E-state index is 6.10. The van der Waals surface area contributed by atoms with Crippen LogP contribution >= 0.6 is 46.4 Å². The highest BCUT2D eigenvalue weighted by Crippen LogP contribution is 2.42. The molecule has 0 aliphatic heterocycles. The van der Waals surface area contributed by atoms with Crippen LogP contribution in [0.5, 0.6) is 0 Å². The van der Waals surface area contributed by atoms with Crippen LogP contribution in [0, 0.1) is 0 Å². The van der Waals surface area contributed by atoms with E-state index in [9.17, 15) is 0 Å². The quantitative estimate of drug-likeness (QED) is 0.757. The fraction of sp³-hybridized carbons (Fsp3) is 0. The molecule has 0 bridgehead atoms. The summed E-state index contributed by atoms with van der Waals surface area (Å²) in [5.74, 6) is 0. The molecular weight excluding hydrogens is 302 g/mol. The number of halogens is 4. The molecule has 0 saturated heterocycles. The molecule has 0 spiro atoms. The van der Waals surface area contributed by atoms with E-state index >= 15 is 0 Å². The first-order valence-corrected chi connectivity index (χ1v) is 6.06. The molecule has 88 valence electrons. The van der Waals surface area contributed by atoms with Crippen molar-refractivity contribution in [1.82, 2.24) is 4.98 Å². The lowest BCUT2D eigenvalue weighted by Gasteiger charge is -2.10. The number of benzene rings is 1. The number of rotatable bonds is 1. The molecule has 1 heterocycles. The van der Waals surface area contributed by atoms with Crippen molar-refractivity contribution in [2.24, 2.45) is 0 Å². The standard InChI is InChI=1S/C11H6Cl4N2/c12-6-4-7(13)11(15)9(10(6)14)8-3-5(16)1-2-17-8/h1-4H,(H2,16,17). The van der Waals surface area contributed by atoms with Gasteiger partial charge in [-0.25, -0.2) is 0 Å². The molecular formula is C11H6Cl4N2. The third kappa shape index (κ3) is 2.45. The number of hydrogen-bond acceptors (Lipinski definition) is 2. The van der Waals surface area contributed by atoms with Crippen LogP contribution in [0.3, 0.4) is 0 Å². The third-order valence-electron chi connectivity index (χ3n) is 2.15. The monoisotopic (exact) mass is 306 g/mol. The average Bonchev–Trinajstić information content (AvgIpc) is 2.27. The minimum absolute atomic E-state index is 0.305. The fourth-order valence-corrected chi connectivity index (χ4v) is 2.38.